The van der Waals surface area contributed by atoms with Gasteiger partial charge >= 0.3 is 0 Å². The molecule has 4 atom stereocenters. The second-order valence-electron chi connectivity index (χ2n) is 6.46. The van der Waals surface area contributed by atoms with E-state index < -0.39 is 0 Å². The minimum absolute atomic E-state index is 0.379. The maximum Gasteiger partial charge on any atom is 0.0357 e. The fourth-order valence-electron chi connectivity index (χ4n) is 4.73. The molecule has 16 heavy (non-hydrogen) atoms. The lowest BCUT2D eigenvalue weighted by Crippen LogP contribution is -2.55. The van der Waals surface area contributed by atoms with Crippen LogP contribution in [0.5, 0.6) is 0 Å². The fraction of sp³-hybridized carbons (Fsp3) is 1.00. The van der Waals surface area contributed by atoms with E-state index >= 15 is 0 Å². The Morgan fingerprint density at radius 3 is 2.31 bits per heavy atom. The molecule has 92 valence electrons. The van der Waals surface area contributed by atoms with Crippen LogP contribution in [0.1, 0.15) is 45.4 Å². The molecule has 1 aliphatic heterocycles. The summed E-state index contributed by atoms with van der Waals surface area (Å²) < 4.78 is 0. The zero-order valence-corrected chi connectivity index (χ0v) is 10.6. The van der Waals surface area contributed by atoms with E-state index in [4.69, 9.17) is 5.73 Å². The average Bonchev–Trinajstić information content (AvgIpc) is 2.90. The SMILES string of the molecule is CC1CCCC1(CN)N1CC2CCCC2C1. The van der Waals surface area contributed by atoms with E-state index in [1.807, 2.05) is 0 Å². The van der Waals surface area contributed by atoms with Gasteiger partial charge in [0, 0.05) is 25.2 Å². The predicted molar refractivity (Wildman–Crippen MR) is 67.2 cm³/mol. The maximum atomic E-state index is 6.15. The van der Waals surface area contributed by atoms with Crippen LogP contribution in [-0.2, 0) is 0 Å². The van der Waals surface area contributed by atoms with Crippen molar-refractivity contribution >= 4 is 0 Å². The molecule has 0 spiro atoms. The first-order valence-corrected chi connectivity index (χ1v) is 7.21. The van der Waals surface area contributed by atoms with Crippen LogP contribution in [-0.4, -0.2) is 30.1 Å². The number of hydrogen-bond donors (Lipinski definition) is 1. The summed E-state index contributed by atoms with van der Waals surface area (Å²) in [5, 5.41) is 0. The summed E-state index contributed by atoms with van der Waals surface area (Å²) >= 11 is 0. The van der Waals surface area contributed by atoms with Gasteiger partial charge in [-0.05, 0) is 43.4 Å². The molecular formula is C14H26N2. The molecule has 3 aliphatic rings. The summed E-state index contributed by atoms with van der Waals surface area (Å²) in [7, 11) is 0. The zero-order chi connectivity index (χ0) is 11.2. The van der Waals surface area contributed by atoms with E-state index in [1.54, 1.807) is 0 Å². The zero-order valence-electron chi connectivity index (χ0n) is 10.6. The average molecular weight is 222 g/mol. The predicted octanol–water partition coefficient (Wildman–Crippen LogP) is 2.24. The van der Waals surface area contributed by atoms with E-state index in [9.17, 15) is 0 Å². The number of nitrogens with zero attached hydrogens (tertiary/aromatic N) is 1. The van der Waals surface area contributed by atoms with Gasteiger partial charge in [0.1, 0.15) is 0 Å². The first-order chi connectivity index (χ1) is 7.76. The topological polar surface area (TPSA) is 29.3 Å². The monoisotopic (exact) mass is 222 g/mol. The van der Waals surface area contributed by atoms with Crippen LogP contribution in [0.3, 0.4) is 0 Å². The number of nitrogens with two attached hydrogens (primary N) is 1. The highest BCUT2D eigenvalue weighted by Crippen LogP contribution is 2.46. The first-order valence-electron chi connectivity index (χ1n) is 7.21. The van der Waals surface area contributed by atoms with Gasteiger partial charge in [-0.25, -0.2) is 0 Å². The summed E-state index contributed by atoms with van der Waals surface area (Å²) in [5.41, 5.74) is 6.53. The summed E-state index contributed by atoms with van der Waals surface area (Å²) in [6.07, 6.45) is 8.58. The van der Waals surface area contributed by atoms with Crippen LogP contribution >= 0.6 is 0 Å². The van der Waals surface area contributed by atoms with Crippen LogP contribution in [0.4, 0.5) is 0 Å². The van der Waals surface area contributed by atoms with E-state index in [2.05, 4.69) is 11.8 Å². The van der Waals surface area contributed by atoms with Gasteiger partial charge in [0.25, 0.3) is 0 Å². The van der Waals surface area contributed by atoms with Crippen LogP contribution in [0, 0.1) is 17.8 Å². The van der Waals surface area contributed by atoms with Crippen molar-refractivity contribution in [1.29, 1.82) is 0 Å². The second kappa shape index (κ2) is 3.99. The van der Waals surface area contributed by atoms with E-state index in [0.717, 1.165) is 24.3 Å². The minimum atomic E-state index is 0.379. The van der Waals surface area contributed by atoms with Gasteiger partial charge in [0.2, 0.25) is 0 Å². The summed E-state index contributed by atoms with van der Waals surface area (Å²) in [4.78, 5) is 2.79. The molecule has 0 aromatic rings. The third-order valence-electron chi connectivity index (χ3n) is 5.87. The van der Waals surface area contributed by atoms with Gasteiger partial charge < -0.3 is 5.73 Å². The van der Waals surface area contributed by atoms with E-state index in [-0.39, 0.29) is 0 Å². The molecule has 2 nitrogen and oxygen atoms in total. The number of hydrogen-bond acceptors (Lipinski definition) is 2. The van der Waals surface area contributed by atoms with Crippen molar-refractivity contribution < 1.29 is 0 Å². The van der Waals surface area contributed by atoms with Gasteiger partial charge in [0.05, 0.1) is 0 Å². The van der Waals surface area contributed by atoms with Gasteiger partial charge in [-0.1, -0.05) is 19.8 Å². The Bertz CT molecular complexity index is 253. The molecule has 4 unspecified atom stereocenters. The summed E-state index contributed by atoms with van der Waals surface area (Å²) in [5.74, 6) is 2.84. The Balaban J connectivity index is 1.76. The van der Waals surface area contributed by atoms with Crippen molar-refractivity contribution in [1.82, 2.24) is 4.90 Å². The highest BCUT2D eigenvalue weighted by atomic mass is 15.2. The molecule has 2 aliphatic carbocycles. The molecule has 0 aromatic heterocycles. The Labute approximate surface area is 99.6 Å². The molecule has 0 bridgehead atoms. The number of likely N-dealkylation sites (tertiary alicyclic amines) is 1. The minimum Gasteiger partial charge on any atom is -0.329 e. The maximum absolute atomic E-state index is 6.15. The van der Waals surface area contributed by atoms with Crippen molar-refractivity contribution in [3.63, 3.8) is 0 Å². The Morgan fingerprint density at radius 2 is 1.81 bits per heavy atom. The van der Waals surface area contributed by atoms with Crippen molar-refractivity contribution in [2.45, 2.75) is 51.0 Å². The lowest BCUT2D eigenvalue weighted by Gasteiger charge is -2.42. The molecule has 1 saturated heterocycles. The highest BCUT2D eigenvalue weighted by Gasteiger charge is 2.49. The third kappa shape index (κ3) is 1.46. The molecule has 3 fully saturated rings. The standard InChI is InChI=1S/C14H26N2/c1-11-4-3-7-14(11,10-15)16-8-12-5-2-6-13(12)9-16/h11-13H,2-10,15H2,1H3. The van der Waals surface area contributed by atoms with Crippen molar-refractivity contribution in [3.8, 4) is 0 Å². The van der Waals surface area contributed by atoms with Crippen molar-refractivity contribution in [2.24, 2.45) is 23.5 Å². The van der Waals surface area contributed by atoms with Gasteiger partial charge in [0.15, 0.2) is 0 Å². The molecule has 0 radical (unpaired) electrons. The molecule has 0 aromatic carbocycles. The Hall–Kier alpha value is -0.0800. The van der Waals surface area contributed by atoms with E-state index in [0.29, 0.717) is 5.54 Å². The van der Waals surface area contributed by atoms with Gasteiger partial charge in [-0.2, -0.15) is 0 Å². The summed E-state index contributed by atoms with van der Waals surface area (Å²) in [6, 6.07) is 0. The first kappa shape index (κ1) is 11.0. The number of fused-ring (bicyclic) bond motifs is 1. The quantitative estimate of drug-likeness (QED) is 0.776. The van der Waals surface area contributed by atoms with Crippen LogP contribution < -0.4 is 5.73 Å². The molecule has 3 rings (SSSR count). The second-order valence-corrected chi connectivity index (χ2v) is 6.46. The molecule has 2 heteroatoms. The van der Waals surface area contributed by atoms with Crippen molar-refractivity contribution in [3.05, 3.63) is 0 Å². The molecular weight excluding hydrogens is 196 g/mol. The molecule has 0 amide bonds. The highest BCUT2D eigenvalue weighted by molar-refractivity contribution is 5.04. The Kier molecular flexibility index (Phi) is 2.75. The van der Waals surface area contributed by atoms with Crippen LogP contribution in [0.2, 0.25) is 0 Å². The number of rotatable bonds is 2. The molecule has 1 heterocycles. The van der Waals surface area contributed by atoms with Crippen LogP contribution in [0.25, 0.3) is 0 Å². The van der Waals surface area contributed by atoms with Crippen LogP contribution in [0.15, 0.2) is 0 Å². The molecule has 2 N–H and O–H groups in total. The smallest absolute Gasteiger partial charge is 0.0357 e. The largest absolute Gasteiger partial charge is 0.329 e. The van der Waals surface area contributed by atoms with E-state index in [1.165, 1.54) is 51.6 Å². The lowest BCUT2D eigenvalue weighted by atomic mass is 9.86. The van der Waals surface area contributed by atoms with Crippen molar-refractivity contribution in [2.75, 3.05) is 19.6 Å². The fourth-order valence-corrected chi connectivity index (χ4v) is 4.73. The third-order valence-corrected chi connectivity index (χ3v) is 5.87. The lowest BCUT2D eigenvalue weighted by molar-refractivity contribution is 0.0805. The molecule has 2 saturated carbocycles. The Morgan fingerprint density at radius 1 is 1.12 bits per heavy atom. The van der Waals surface area contributed by atoms with Gasteiger partial charge in [-0.3, -0.25) is 4.90 Å². The summed E-state index contributed by atoms with van der Waals surface area (Å²) in [6.45, 7) is 6.01. The normalized spacial score (nSPS) is 48.8. The van der Waals surface area contributed by atoms with Gasteiger partial charge in [-0.15, -0.1) is 0 Å².